The van der Waals surface area contributed by atoms with Crippen LogP contribution in [0.1, 0.15) is 12.5 Å². The van der Waals surface area contributed by atoms with Crippen LogP contribution in [0.2, 0.25) is 0 Å². The van der Waals surface area contributed by atoms with Gasteiger partial charge in [-0.05, 0) is 24.6 Å². The third-order valence-corrected chi connectivity index (χ3v) is 3.55. The second-order valence-electron chi connectivity index (χ2n) is 4.80. The summed E-state index contributed by atoms with van der Waals surface area (Å²) in [7, 11) is 0. The number of benzene rings is 1. The number of aromatic nitrogens is 3. The van der Waals surface area contributed by atoms with E-state index >= 15 is 0 Å². The van der Waals surface area contributed by atoms with E-state index in [1.807, 2.05) is 37.3 Å². The van der Waals surface area contributed by atoms with Crippen LogP contribution in [0.4, 0.5) is 0 Å². The minimum Gasteiger partial charge on any atom is -0.301 e. The van der Waals surface area contributed by atoms with E-state index in [2.05, 4.69) is 4.98 Å². The molecule has 0 radical (unpaired) electrons. The van der Waals surface area contributed by atoms with E-state index in [4.69, 9.17) is 0 Å². The van der Waals surface area contributed by atoms with Crippen molar-refractivity contribution < 1.29 is 0 Å². The van der Waals surface area contributed by atoms with Crippen LogP contribution < -0.4 is 11.2 Å². The van der Waals surface area contributed by atoms with Crippen molar-refractivity contribution in [2.24, 2.45) is 0 Å². The van der Waals surface area contributed by atoms with Gasteiger partial charge in [0.15, 0.2) is 0 Å². The average Bonchev–Trinajstić information content (AvgIpc) is 2.52. The van der Waals surface area contributed by atoms with Crippen LogP contribution in [0.5, 0.6) is 0 Å². The van der Waals surface area contributed by atoms with Crippen LogP contribution in [0, 0.1) is 0 Å². The lowest BCUT2D eigenvalue weighted by molar-refractivity contribution is 0.601. The Balaban J connectivity index is 2.16. The summed E-state index contributed by atoms with van der Waals surface area (Å²) in [5.41, 5.74) is 1.19. The Morgan fingerprint density at radius 2 is 1.90 bits per heavy atom. The average molecular weight is 281 g/mol. The Labute approximate surface area is 121 Å². The molecular weight excluding hydrogens is 266 g/mol. The van der Waals surface area contributed by atoms with Gasteiger partial charge < -0.3 is 4.57 Å². The monoisotopic (exact) mass is 281 g/mol. The van der Waals surface area contributed by atoms with Crippen molar-refractivity contribution >= 4 is 10.9 Å². The summed E-state index contributed by atoms with van der Waals surface area (Å²) in [5, 5.41) is 0.957. The topological polar surface area (TPSA) is 56.9 Å². The number of nitrogens with zero attached hydrogens (tertiary/aromatic N) is 3. The van der Waals surface area contributed by atoms with Crippen LogP contribution in [-0.2, 0) is 13.1 Å². The lowest BCUT2D eigenvalue weighted by Gasteiger charge is -2.10. The van der Waals surface area contributed by atoms with Gasteiger partial charge in [0.05, 0.1) is 12.1 Å². The van der Waals surface area contributed by atoms with Crippen LogP contribution >= 0.6 is 0 Å². The van der Waals surface area contributed by atoms with E-state index in [0.29, 0.717) is 6.54 Å². The number of fused-ring (bicyclic) bond motifs is 1. The third-order valence-electron chi connectivity index (χ3n) is 3.55. The molecule has 2 heterocycles. The van der Waals surface area contributed by atoms with Crippen molar-refractivity contribution in [1.29, 1.82) is 0 Å². The predicted octanol–water partition coefficient (Wildman–Crippen LogP) is 1.63. The van der Waals surface area contributed by atoms with Gasteiger partial charge in [-0.3, -0.25) is 14.3 Å². The van der Waals surface area contributed by atoms with Crippen molar-refractivity contribution in [2.75, 3.05) is 0 Å². The van der Waals surface area contributed by atoms with Gasteiger partial charge in [-0.25, -0.2) is 4.79 Å². The first-order chi connectivity index (χ1) is 10.2. The number of rotatable bonds is 3. The predicted molar refractivity (Wildman–Crippen MR) is 81.5 cm³/mol. The first kappa shape index (κ1) is 13.3. The Hall–Kier alpha value is -2.69. The summed E-state index contributed by atoms with van der Waals surface area (Å²) in [6, 6.07) is 11.0. The van der Waals surface area contributed by atoms with Gasteiger partial charge in [0, 0.05) is 30.4 Å². The standard InChI is InChI=1S/C16H15N3O2/c1-2-18-10-8-15(20)19(16(18)21)11-12-7-9-17-14-6-4-3-5-13(12)14/h3-10H,2,11H2,1H3. The Morgan fingerprint density at radius 1 is 1.10 bits per heavy atom. The molecule has 3 rings (SSSR count). The summed E-state index contributed by atoms with van der Waals surface area (Å²) >= 11 is 0. The number of hydrogen-bond donors (Lipinski definition) is 0. The van der Waals surface area contributed by atoms with E-state index in [9.17, 15) is 9.59 Å². The first-order valence-corrected chi connectivity index (χ1v) is 6.83. The van der Waals surface area contributed by atoms with Gasteiger partial charge in [0.2, 0.25) is 0 Å². The molecular formula is C16H15N3O2. The highest BCUT2D eigenvalue weighted by Gasteiger charge is 2.07. The first-order valence-electron chi connectivity index (χ1n) is 6.83. The molecule has 0 spiro atoms. The third kappa shape index (κ3) is 2.38. The van der Waals surface area contributed by atoms with E-state index in [1.54, 1.807) is 6.20 Å². The maximum atomic E-state index is 12.3. The highest BCUT2D eigenvalue weighted by molar-refractivity contribution is 5.81. The molecule has 0 unspecified atom stereocenters. The number of para-hydroxylation sites is 1. The lowest BCUT2D eigenvalue weighted by Crippen LogP contribution is -2.39. The second kappa shape index (κ2) is 5.36. The molecule has 0 aliphatic carbocycles. The molecule has 1 aromatic carbocycles. The number of pyridine rings is 1. The Kier molecular flexibility index (Phi) is 3.39. The van der Waals surface area contributed by atoms with Crippen molar-refractivity contribution in [3.8, 4) is 0 Å². The maximum Gasteiger partial charge on any atom is 0.331 e. The molecule has 0 N–H and O–H groups in total. The molecule has 2 aromatic heterocycles. The van der Waals surface area contributed by atoms with Crippen LogP contribution in [0.15, 0.2) is 58.4 Å². The Morgan fingerprint density at radius 3 is 2.71 bits per heavy atom. The molecule has 0 bridgehead atoms. The molecule has 0 aliphatic heterocycles. The Bertz CT molecular complexity index is 904. The maximum absolute atomic E-state index is 12.3. The van der Waals surface area contributed by atoms with Crippen LogP contribution in [0.3, 0.4) is 0 Å². The van der Waals surface area contributed by atoms with Gasteiger partial charge in [-0.1, -0.05) is 18.2 Å². The summed E-state index contributed by atoms with van der Waals surface area (Å²) in [6.45, 7) is 2.66. The molecule has 5 heteroatoms. The molecule has 0 fully saturated rings. The number of aryl methyl sites for hydroxylation is 1. The molecule has 0 aliphatic rings. The van der Waals surface area contributed by atoms with Gasteiger partial charge in [-0.15, -0.1) is 0 Å². The quantitative estimate of drug-likeness (QED) is 0.733. The van der Waals surface area contributed by atoms with Crippen molar-refractivity contribution in [2.45, 2.75) is 20.0 Å². The van der Waals surface area contributed by atoms with Gasteiger partial charge in [0.1, 0.15) is 0 Å². The molecule has 0 saturated heterocycles. The minimum atomic E-state index is -0.286. The van der Waals surface area contributed by atoms with E-state index in [-0.39, 0.29) is 17.8 Å². The van der Waals surface area contributed by atoms with Gasteiger partial charge in [-0.2, -0.15) is 0 Å². The smallest absolute Gasteiger partial charge is 0.301 e. The van der Waals surface area contributed by atoms with E-state index in [0.717, 1.165) is 16.5 Å². The fourth-order valence-corrected chi connectivity index (χ4v) is 2.41. The molecule has 0 amide bonds. The van der Waals surface area contributed by atoms with Crippen LogP contribution in [0.25, 0.3) is 10.9 Å². The summed E-state index contributed by atoms with van der Waals surface area (Å²) in [4.78, 5) is 28.5. The fraction of sp³-hybridized carbons (Fsp3) is 0.188. The SMILES string of the molecule is CCn1ccc(=O)n(Cc2ccnc3ccccc23)c1=O. The zero-order chi connectivity index (χ0) is 14.8. The van der Waals surface area contributed by atoms with E-state index in [1.165, 1.54) is 21.4 Å². The normalized spacial score (nSPS) is 10.9. The van der Waals surface area contributed by atoms with E-state index < -0.39 is 0 Å². The van der Waals surface area contributed by atoms with Gasteiger partial charge >= 0.3 is 5.69 Å². The largest absolute Gasteiger partial charge is 0.331 e. The van der Waals surface area contributed by atoms with Gasteiger partial charge in [0.25, 0.3) is 5.56 Å². The zero-order valence-corrected chi connectivity index (χ0v) is 11.7. The highest BCUT2D eigenvalue weighted by Crippen LogP contribution is 2.16. The molecule has 0 saturated carbocycles. The summed E-state index contributed by atoms with van der Waals surface area (Å²) in [6.07, 6.45) is 3.23. The molecule has 5 nitrogen and oxygen atoms in total. The minimum absolute atomic E-state index is 0.252. The number of hydrogen-bond acceptors (Lipinski definition) is 3. The van der Waals surface area contributed by atoms with Crippen molar-refractivity contribution in [3.63, 3.8) is 0 Å². The molecule has 21 heavy (non-hydrogen) atoms. The van der Waals surface area contributed by atoms with Crippen LogP contribution in [-0.4, -0.2) is 14.1 Å². The highest BCUT2D eigenvalue weighted by atomic mass is 16.2. The lowest BCUT2D eigenvalue weighted by atomic mass is 10.1. The van der Waals surface area contributed by atoms with Crippen molar-refractivity contribution in [1.82, 2.24) is 14.1 Å². The zero-order valence-electron chi connectivity index (χ0n) is 11.7. The summed E-state index contributed by atoms with van der Waals surface area (Å²) < 4.78 is 2.77. The second-order valence-corrected chi connectivity index (χ2v) is 4.80. The fourth-order valence-electron chi connectivity index (χ4n) is 2.41. The molecule has 0 atom stereocenters. The molecule has 3 aromatic rings. The summed E-state index contributed by atoms with van der Waals surface area (Å²) in [5.74, 6) is 0. The molecule has 106 valence electrons. The van der Waals surface area contributed by atoms with Crippen molar-refractivity contribution in [3.05, 3.63) is 75.2 Å².